The van der Waals surface area contributed by atoms with Crippen LogP contribution in [0.5, 0.6) is 11.5 Å². The third kappa shape index (κ3) is 4.63. The molecule has 1 aromatic carbocycles. The van der Waals surface area contributed by atoms with E-state index < -0.39 is 0 Å². The number of carbonyl (C=O) groups excluding carboxylic acids is 1. The highest BCUT2D eigenvalue weighted by Gasteiger charge is 2.20. The first-order chi connectivity index (χ1) is 10.6. The standard InChI is InChI=1S/C17H26N2O3/c1-12(18)10-16(20)19-11-13-6-5-9-15(21-2)17(13)22-14-7-3-4-8-14/h5-6,9,12,14H,3-4,7-8,10-11,18H2,1-2H3,(H,19,20). The molecule has 1 saturated carbocycles. The molecule has 2 rings (SSSR count). The molecule has 1 atom stereocenters. The number of hydrogen-bond donors (Lipinski definition) is 2. The van der Waals surface area contributed by atoms with Crippen molar-refractivity contribution in [1.82, 2.24) is 5.32 Å². The van der Waals surface area contributed by atoms with Gasteiger partial charge in [-0.1, -0.05) is 12.1 Å². The minimum Gasteiger partial charge on any atom is -0.493 e. The molecule has 0 saturated heterocycles. The van der Waals surface area contributed by atoms with Gasteiger partial charge in [0, 0.05) is 24.6 Å². The highest BCUT2D eigenvalue weighted by molar-refractivity contribution is 5.76. The fourth-order valence-corrected chi connectivity index (χ4v) is 2.73. The Balaban J connectivity index is 2.06. The maximum atomic E-state index is 11.8. The lowest BCUT2D eigenvalue weighted by Crippen LogP contribution is -2.29. The van der Waals surface area contributed by atoms with E-state index in [1.54, 1.807) is 7.11 Å². The van der Waals surface area contributed by atoms with Crippen molar-refractivity contribution in [3.63, 3.8) is 0 Å². The van der Waals surface area contributed by atoms with Gasteiger partial charge in [0.1, 0.15) is 0 Å². The van der Waals surface area contributed by atoms with E-state index in [4.69, 9.17) is 15.2 Å². The number of amides is 1. The summed E-state index contributed by atoms with van der Waals surface area (Å²) >= 11 is 0. The number of methoxy groups -OCH3 is 1. The molecule has 1 aliphatic rings. The van der Waals surface area contributed by atoms with Gasteiger partial charge in [0.25, 0.3) is 0 Å². The number of ether oxygens (including phenoxy) is 2. The van der Waals surface area contributed by atoms with Crippen LogP contribution >= 0.6 is 0 Å². The Morgan fingerprint density at radius 3 is 2.77 bits per heavy atom. The fourth-order valence-electron chi connectivity index (χ4n) is 2.73. The molecule has 3 N–H and O–H groups in total. The molecule has 0 spiro atoms. The first-order valence-corrected chi connectivity index (χ1v) is 7.95. The number of nitrogens with two attached hydrogens (primary N) is 1. The lowest BCUT2D eigenvalue weighted by Gasteiger charge is -2.19. The van der Waals surface area contributed by atoms with E-state index in [0.717, 1.165) is 24.2 Å². The van der Waals surface area contributed by atoms with Crippen molar-refractivity contribution in [3.05, 3.63) is 23.8 Å². The summed E-state index contributed by atoms with van der Waals surface area (Å²) in [6, 6.07) is 5.61. The number of hydrogen-bond acceptors (Lipinski definition) is 4. The first-order valence-electron chi connectivity index (χ1n) is 7.95. The molecule has 22 heavy (non-hydrogen) atoms. The van der Waals surface area contributed by atoms with Gasteiger partial charge in [0.15, 0.2) is 11.5 Å². The number of nitrogens with one attached hydrogen (secondary N) is 1. The highest BCUT2D eigenvalue weighted by Crippen LogP contribution is 2.34. The molecule has 122 valence electrons. The van der Waals surface area contributed by atoms with Crippen molar-refractivity contribution in [2.45, 2.75) is 57.7 Å². The summed E-state index contributed by atoms with van der Waals surface area (Å²) in [6.07, 6.45) is 5.14. The normalized spacial score (nSPS) is 16.3. The van der Waals surface area contributed by atoms with Gasteiger partial charge in [-0.3, -0.25) is 4.79 Å². The smallest absolute Gasteiger partial charge is 0.221 e. The Bertz CT molecular complexity index is 497. The van der Waals surface area contributed by atoms with Crippen LogP contribution in [0.4, 0.5) is 0 Å². The number of para-hydroxylation sites is 1. The SMILES string of the molecule is COc1cccc(CNC(=O)CC(C)N)c1OC1CCCC1. The molecule has 1 amide bonds. The number of carbonyl (C=O) groups is 1. The molecule has 0 aliphatic heterocycles. The Kier molecular flexibility index (Phi) is 6.07. The number of benzene rings is 1. The quantitative estimate of drug-likeness (QED) is 0.811. The Labute approximate surface area is 132 Å². The maximum Gasteiger partial charge on any atom is 0.221 e. The van der Waals surface area contributed by atoms with Gasteiger partial charge in [-0.15, -0.1) is 0 Å². The van der Waals surface area contributed by atoms with Crippen LogP contribution in [-0.4, -0.2) is 25.2 Å². The van der Waals surface area contributed by atoms with E-state index in [2.05, 4.69) is 5.32 Å². The zero-order chi connectivity index (χ0) is 15.9. The van der Waals surface area contributed by atoms with Crippen LogP contribution < -0.4 is 20.5 Å². The molecule has 0 radical (unpaired) electrons. The Hall–Kier alpha value is -1.75. The van der Waals surface area contributed by atoms with E-state index in [0.29, 0.717) is 18.7 Å². The van der Waals surface area contributed by atoms with Gasteiger partial charge < -0.3 is 20.5 Å². The first kappa shape index (κ1) is 16.6. The summed E-state index contributed by atoms with van der Waals surface area (Å²) in [5.41, 5.74) is 6.58. The largest absolute Gasteiger partial charge is 0.493 e. The van der Waals surface area contributed by atoms with Crippen molar-refractivity contribution in [2.24, 2.45) is 5.73 Å². The number of rotatable bonds is 7. The summed E-state index contributed by atoms with van der Waals surface area (Å²) in [5, 5.41) is 2.89. The molecule has 1 fully saturated rings. The minimum absolute atomic E-state index is 0.0513. The van der Waals surface area contributed by atoms with Crippen molar-refractivity contribution in [2.75, 3.05) is 7.11 Å². The highest BCUT2D eigenvalue weighted by atomic mass is 16.5. The lowest BCUT2D eigenvalue weighted by molar-refractivity contribution is -0.121. The molecule has 0 bridgehead atoms. The Morgan fingerprint density at radius 2 is 2.14 bits per heavy atom. The van der Waals surface area contributed by atoms with Crippen LogP contribution in [0.25, 0.3) is 0 Å². The summed E-state index contributed by atoms with van der Waals surface area (Å²) in [5.74, 6) is 1.41. The fraction of sp³-hybridized carbons (Fsp3) is 0.588. The second-order valence-corrected chi connectivity index (χ2v) is 5.93. The van der Waals surface area contributed by atoms with Crippen LogP contribution in [-0.2, 0) is 11.3 Å². The third-order valence-corrected chi connectivity index (χ3v) is 3.85. The summed E-state index contributed by atoms with van der Waals surface area (Å²) in [4.78, 5) is 11.8. The predicted molar refractivity (Wildman–Crippen MR) is 86.0 cm³/mol. The molecule has 5 nitrogen and oxygen atoms in total. The topological polar surface area (TPSA) is 73.6 Å². The molecule has 1 unspecified atom stereocenters. The van der Waals surface area contributed by atoms with Crippen LogP contribution in [0, 0.1) is 0 Å². The molecular formula is C17H26N2O3. The minimum atomic E-state index is -0.139. The van der Waals surface area contributed by atoms with E-state index in [1.165, 1.54) is 12.8 Å². The average Bonchev–Trinajstić information content (AvgIpc) is 2.98. The second kappa shape index (κ2) is 8.03. The molecule has 1 aromatic rings. The monoisotopic (exact) mass is 306 g/mol. The van der Waals surface area contributed by atoms with Gasteiger partial charge in [0.05, 0.1) is 13.2 Å². The maximum absolute atomic E-state index is 11.8. The Morgan fingerprint density at radius 1 is 1.41 bits per heavy atom. The average molecular weight is 306 g/mol. The van der Waals surface area contributed by atoms with Crippen LogP contribution in [0.2, 0.25) is 0 Å². The molecule has 5 heteroatoms. The van der Waals surface area contributed by atoms with Crippen LogP contribution in [0.15, 0.2) is 18.2 Å². The van der Waals surface area contributed by atoms with E-state index in [9.17, 15) is 4.79 Å². The summed E-state index contributed by atoms with van der Waals surface area (Å²) < 4.78 is 11.6. The molecule has 1 aliphatic carbocycles. The zero-order valence-corrected chi connectivity index (χ0v) is 13.4. The summed E-state index contributed by atoms with van der Waals surface area (Å²) in [6.45, 7) is 2.24. The van der Waals surface area contributed by atoms with Gasteiger partial charge in [-0.25, -0.2) is 0 Å². The van der Waals surface area contributed by atoms with Crippen molar-refractivity contribution in [3.8, 4) is 11.5 Å². The summed E-state index contributed by atoms with van der Waals surface area (Å²) in [7, 11) is 1.63. The van der Waals surface area contributed by atoms with Crippen LogP contribution in [0.3, 0.4) is 0 Å². The zero-order valence-electron chi connectivity index (χ0n) is 13.4. The van der Waals surface area contributed by atoms with Crippen molar-refractivity contribution >= 4 is 5.91 Å². The van der Waals surface area contributed by atoms with Crippen LogP contribution in [0.1, 0.15) is 44.6 Å². The van der Waals surface area contributed by atoms with Crippen molar-refractivity contribution in [1.29, 1.82) is 0 Å². The van der Waals surface area contributed by atoms with Crippen molar-refractivity contribution < 1.29 is 14.3 Å². The van der Waals surface area contributed by atoms with E-state index in [1.807, 2.05) is 25.1 Å². The van der Waals surface area contributed by atoms with Gasteiger partial charge in [-0.05, 0) is 38.7 Å². The molecule has 0 aromatic heterocycles. The molecular weight excluding hydrogens is 280 g/mol. The van der Waals surface area contributed by atoms with Gasteiger partial charge in [0.2, 0.25) is 5.91 Å². The molecule has 0 heterocycles. The lowest BCUT2D eigenvalue weighted by atomic mass is 10.1. The van der Waals surface area contributed by atoms with Gasteiger partial charge >= 0.3 is 0 Å². The van der Waals surface area contributed by atoms with E-state index >= 15 is 0 Å². The van der Waals surface area contributed by atoms with E-state index in [-0.39, 0.29) is 18.1 Å². The van der Waals surface area contributed by atoms with Gasteiger partial charge in [-0.2, -0.15) is 0 Å². The second-order valence-electron chi connectivity index (χ2n) is 5.93. The predicted octanol–water partition coefficient (Wildman–Crippen LogP) is 2.37. The third-order valence-electron chi connectivity index (χ3n) is 3.85.